The van der Waals surface area contributed by atoms with Crippen LogP contribution in [0.15, 0.2) is 17.4 Å². The first-order valence-corrected chi connectivity index (χ1v) is 4.18. The third-order valence-electron chi connectivity index (χ3n) is 1.78. The third kappa shape index (κ3) is 1.93. The van der Waals surface area contributed by atoms with Crippen molar-refractivity contribution in [3.8, 4) is 0 Å². The van der Waals surface area contributed by atoms with Crippen molar-refractivity contribution in [2.75, 3.05) is 11.1 Å². The van der Waals surface area contributed by atoms with Crippen molar-refractivity contribution < 1.29 is 0 Å². The first-order chi connectivity index (χ1) is 7.27. The molecule has 0 aliphatic carbocycles. The van der Waals surface area contributed by atoms with E-state index >= 15 is 0 Å². The van der Waals surface area contributed by atoms with E-state index in [0.717, 1.165) is 0 Å². The molecule has 15 heavy (non-hydrogen) atoms. The number of nitrogens with one attached hydrogen (secondary N) is 3. The summed E-state index contributed by atoms with van der Waals surface area (Å²) in [5.74, 6) is 0.964. The Hall–Kier alpha value is -2.38. The van der Waals surface area contributed by atoms with Crippen LogP contribution in [0.2, 0.25) is 0 Å². The fourth-order valence-corrected chi connectivity index (χ4v) is 1.03. The largest absolute Gasteiger partial charge is 0.391 e. The van der Waals surface area contributed by atoms with E-state index in [1.54, 1.807) is 0 Å². The Kier molecular flexibility index (Phi) is 2.31. The molecule has 0 atom stereocenters. The summed E-state index contributed by atoms with van der Waals surface area (Å²) in [6.07, 6.45) is 2.67. The van der Waals surface area contributed by atoms with Gasteiger partial charge in [0.15, 0.2) is 5.82 Å². The summed E-state index contributed by atoms with van der Waals surface area (Å²) < 4.78 is 0. The molecule has 0 aromatic carbocycles. The minimum Gasteiger partial charge on any atom is -0.391 e. The molecule has 0 fully saturated rings. The van der Waals surface area contributed by atoms with Crippen LogP contribution < -0.4 is 16.6 Å². The monoisotopic (exact) mass is 207 g/mol. The number of nitrogen functional groups attached to an aromatic ring is 1. The molecule has 8 nitrogen and oxygen atoms in total. The number of anilines is 2. The van der Waals surface area contributed by atoms with Crippen LogP contribution in [0.25, 0.3) is 0 Å². The minimum absolute atomic E-state index is 0.0528. The zero-order valence-corrected chi connectivity index (χ0v) is 7.69. The van der Waals surface area contributed by atoms with E-state index in [4.69, 9.17) is 5.73 Å². The molecule has 0 aliphatic heterocycles. The van der Waals surface area contributed by atoms with Gasteiger partial charge in [0.1, 0.15) is 17.8 Å². The zero-order chi connectivity index (χ0) is 10.7. The first kappa shape index (κ1) is 9.19. The molecule has 0 aliphatic rings. The number of aromatic amines is 2. The van der Waals surface area contributed by atoms with Gasteiger partial charge < -0.3 is 16.0 Å². The molecule has 2 rings (SSSR count). The summed E-state index contributed by atoms with van der Waals surface area (Å²) in [6, 6.07) is 0. The summed E-state index contributed by atoms with van der Waals surface area (Å²) in [5, 5.41) is 9.21. The highest BCUT2D eigenvalue weighted by molar-refractivity contribution is 5.58. The Labute approximate surface area is 84.0 Å². The van der Waals surface area contributed by atoms with Crippen molar-refractivity contribution in [2.24, 2.45) is 0 Å². The topological polar surface area (TPSA) is 125 Å². The van der Waals surface area contributed by atoms with Crippen LogP contribution in [0.5, 0.6) is 0 Å². The number of H-pyrrole nitrogens is 2. The molecule has 78 valence electrons. The molecule has 0 unspecified atom stereocenters. The van der Waals surface area contributed by atoms with Crippen LogP contribution in [-0.2, 0) is 6.54 Å². The summed E-state index contributed by atoms with van der Waals surface area (Å²) in [6.45, 7) is 0.376. The Bertz CT molecular complexity index is 488. The summed E-state index contributed by atoms with van der Waals surface area (Å²) in [5.41, 5.74) is 5.19. The first-order valence-electron chi connectivity index (χ1n) is 4.18. The maximum Gasteiger partial charge on any atom is 0.276 e. The molecule has 0 saturated heterocycles. The van der Waals surface area contributed by atoms with Crippen LogP contribution in [0.1, 0.15) is 5.82 Å². The normalized spacial score (nSPS) is 10.1. The molecule has 2 heterocycles. The highest BCUT2D eigenvalue weighted by Gasteiger charge is 2.04. The predicted molar refractivity (Wildman–Crippen MR) is 53.0 cm³/mol. The second-order valence-corrected chi connectivity index (χ2v) is 2.78. The lowest BCUT2D eigenvalue weighted by molar-refractivity contribution is 0.944. The van der Waals surface area contributed by atoms with E-state index < -0.39 is 0 Å². The van der Waals surface area contributed by atoms with Gasteiger partial charge in [-0.2, -0.15) is 5.10 Å². The second kappa shape index (κ2) is 3.78. The van der Waals surface area contributed by atoms with Crippen molar-refractivity contribution in [1.82, 2.24) is 25.1 Å². The summed E-state index contributed by atoms with van der Waals surface area (Å²) in [4.78, 5) is 21.3. The van der Waals surface area contributed by atoms with Gasteiger partial charge in [-0.15, -0.1) is 0 Å². The fraction of sp³-hybridized carbons (Fsp3) is 0.143. The van der Waals surface area contributed by atoms with Gasteiger partial charge in [0.2, 0.25) is 0 Å². The lowest BCUT2D eigenvalue weighted by Crippen LogP contribution is -2.16. The third-order valence-corrected chi connectivity index (χ3v) is 1.78. The Morgan fingerprint density at radius 3 is 3.07 bits per heavy atom. The lowest BCUT2D eigenvalue weighted by atomic mass is 10.4. The van der Waals surface area contributed by atoms with E-state index in [1.165, 1.54) is 12.7 Å². The van der Waals surface area contributed by atoms with Gasteiger partial charge in [0, 0.05) is 0 Å². The van der Waals surface area contributed by atoms with Gasteiger partial charge in [-0.05, 0) is 0 Å². The standard InChI is InChI=1S/C7H9N7O/c8-5-6(11-2-12-7(5)15)9-1-4-10-3-13-14-4/h2-3H,1,8H2,(H,10,13,14)(H2,9,11,12,15). The molecule has 0 radical (unpaired) electrons. The van der Waals surface area contributed by atoms with E-state index in [-0.39, 0.29) is 11.2 Å². The van der Waals surface area contributed by atoms with Crippen molar-refractivity contribution >= 4 is 11.5 Å². The average molecular weight is 207 g/mol. The number of rotatable bonds is 3. The van der Waals surface area contributed by atoms with E-state index in [0.29, 0.717) is 18.2 Å². The van der Waals surface area contributed by atoms with Gasteiger partial charge in [-0.1, -0.05) is 0 Å². The Morgan fingerprint density at radius 1 is 1.47 bits per heavy atom. The van der Waals surface area contributed by atoms with Gasteiger partial charge in [-0.25, -0.2) is 9.97 Å². The smallest absolute Gasteiger partial charge is 0.276 e. The van der Waals surface area contributed by atoms with Gasteiger partial charge >= 0.3 is 0 Å². The van der Waals surface area contributed by atoms with Crippen LogP contribution in [-0.4, -0.2) is 25.1 Å². The molecule has 0 spiro atoms. The molecule has 2 aromatic rings. The van der Waals surface area contributed by atoms with Crippen molar-refractivity contribution in [2.45, 2.75) is 6.54 Å². The quantitative estimate of drug-likeness (QED) is 0.516. The average Bonchev–Trinajstić information content (AvgIpc) is 2.73. The SMILES string of the molecule is Nc1c(NCc2ncn[nH]2)nc[nH]c1=O. The molecule has 2 aromatic heterocycles. The maximum atomic E-state index is 11.1. The van der Waals surface area contributed by atoms with Crippen LogP contribution in [0.3, 0.4) is 0 Å². The molecular weight excluding hydrogens is 198 g/mol. The number of aromatic nitrogens is 5. The molecule has 8 heteroatoms. The molecule has 0 bridgehead atoms. The van der Waals surface area contributed by atoms with Gasteiger partial charge in [0.05, 0.1) is 12.9 Å². The van der Waals surface area contributed by atoms with Crippen molar-refractivity contribution in [1.29, 1.82) is 0 Å². The zero-order valence-electron chi connectivity index (χ0n) is 7.69. The molecule has 0 amide bonds. The number of hydrogen-bond donors (Lipinski definition) is 4. The van der Waals surface area contributed by atoms with Crippen LogP contribution in [0.4, 0.5) is 11.5 Å². The highest BCUT2D eigenvalue weighted by Crippen LogP contribution is 2.07. The van der Waals surface area contributed by atoms with Gasteiger partial charge in [0.25, 0.3) is 5.56 Å². The van der Waals surface area contributed by atoms with Crippen LogP contribution in [0, 0.1) is 0 Å². The number of nitrogens with zero attached hydrogens (tertiary/aromatic N) is 3. The highest BCUT2D eigenvalue weighted by atomic mass is 16.1. The number of nitrogens with two attached hydrogens (primary N) is 1. The van der Waals surface area contributed by atoms with Crippen molar-refractivity contribution in [3.63, 3.8) is 0 Å². The lowest BCUT2D eigenvalue weighted by Gasteiger charge is -2.04. The van der Waals surface area contributed by atoms with E-state index in [2.05, 4.69) is 30.5 Å². The molecule has 5 N–H and O–H groups in total. The summed E-state index contributed by atoms with van der Waals surface area (Å²) >= 11 is 0. The van der Waals surface area contributed by atoms with E-state index in [1.807, 2.05) is 0 Å². The second-order valence-electron chi connectivity index (χ2n) is 2.78. The number of hydrogen-bond acceptors (Lipinski definition) is 6. The molecule has 0 saturated carbocycles. The summed E-state index contributed by atoms with van der Waals surface area (Å²) in [7, 11) is 0. The maximum absolute atomic E-state index is 11.1. The van der Waals surface area contributed by atoms with Crippen LogP contribution >= 0.6 is 0 Å². The Morgan fingerprint density at radius 2 is 2.33 bits per heavy atom. The van der Waals surface area contributed by atoms with Gasteiger partial charge in [-0.3, -0.25) is 9.89 Å². The Balaban J connectivity index is 2.12. The fourth-order valence-electron chi connectivity index (χ4n) is 1.03. The minimum atomic E-state index is -0.370. The molecular formula is C7H9N7O. The van der Waals surface area contributed by atoms with E-state index in [9.17, 15) is 4.79 Å². The predicted octanol–water partition coefficient (Wildman–Crippen LogP) is -0.918. The van der Waals surface area contributed by atoms with Crippen molar-refractivity contribution in [3.05, 3.63) is 28.8 Å².